The molecule has 3 aromatic rings. The van der Waals surface area contributed by atoms with E-state index < -0.39 is 11.1 Å². The second-order valence-electron chi connectivity index (χ2n) is 12.4. The minimum absolute atomic E-state index is 0.0644. The molecule has 222 valence electrons. The number of hydrogen-bond donors (Lipinski definition) is 3. The minimum Gasteiger partial charge on any atom is -0.390 e. The van der Waals surface area contributed by atoms with Crippen molar-refractivity contribution >= 4 is 17.6 Å². The summed E-state index contributed by atoms with van der Waals surface area (Å²) in [6.07, 6.45) is 5.76. The number of aliphatic hydroxyl groups is 1. The Hall–Kier alpha value is -3.62. The van der Waals surface area contributed by atoms with Gasteiger partial charge in [-0.3, -0.25) is 9.59 Å². The lowest BCUT2D eigenvalue weighted by molar-refractivity contribution is -0.134. The molecule has 0 aliphatic heterocycles. The second-order valence-corrected chi connectivity index (χ2v) is 12.4. The number of nitrogens with zero attached hydrogens (tertiary/aromatic N) is 3. The van der Waals surface area contributed by atoms with Crippen molar-refractivity contribution in [2.45, 2.75) is 89.3 Å². The fraction of sp³-hybridized carbons (Fsp3) is 0.471. The van der Waals surface area contributed by atoms with Gasteiger partial charge in [0, 0.05) is 42.1 Å². The topological polar surface area (TPSA) is 121 Å². The summed E-state index contributed by atoms with van der Waals surface area (Å²) in [7, 11) is 0. The molecule has 0 unspecified atom stereocenters. The maximum Gasteiger partial charge on any atom is 0.225 e. The van der Waals surface area contributed by atoms with Crippen LogP contribution in [0.5, 0.6) is 0 Å². The first-order valence-corrected chi connectivity index (χ1v) is 15.3. The molecule has 0 radical (unpaired) electrons. The summed E-state index contributed by atoms with van der Waals surface area (Å²) in [6.45, 7) is 6.50. The first-order valence-electron chi connectivity index (χ1n) is 15.3. The fourth-order valence-electron chi connectivity index (χ4n) is 6.93. The van der Waals surface area contributed by atoms with E-state index in [0.29, 0.717) is 37.4 Å². The SMILES string of the molecule is CCC(=O)N(CC)[C@H]1CC[C@H](CC(=O)Nc2cc(-c3ccccc3)c(-c3ccc([C@]4(N)C[C@](C)(O)C4)cc3)nn2)CC1. The average molecular weight is 570 g/mol. The number of carbonyl (C=O) groups excluding carboxylic acids is 2. The van der Waals surface area contributed by atoms with Crippen LogP contribution in [0.15, 0.2) is 60.7 Å². The van der Waals surface area contributed by atoms with Gasteiger partial charge in [-0.1, -0.05) is 61.5 Å². The quantitative estimate of drug-likeness (QED) is 0.306. The van der Waals surface area contributed by atoms with Gasteiger partial charge in [-0.15, -0.1) is 10.2 Å². The molecule has 8 nitrogen and oxygen atoms in total. The van der Waals surface area contributed by atoms with Crippen molar-refractivity contribution in [2.75, 3.05) is 11.9 Å². The number of aromatic nitrogens is 2. The molecule has 0 spiro atoms. The molecule has 5 rings (SSSR count). The van der Waals surface area contributed by atoms with Crippen LogP contribution in [-0.2, 0) is 15.1 Å². The summed E-state index contributed by atoms with van der Waals surface area (Å²) in [5.74, 6) is 0.865. The molecule has 1 heterocycles. The monoisotopic (exact) mass is 569 g/mol. The molecule has 0 bridgehead atoms. The minimum atomic E-state index is -0.718. The van der Waals surface area contributed by atoms with Crippen LogP contribution >= 0.6 is 0 Å². The molecule has 0 saturated heterocycles. The molecule has 4 N–H and O–H groups in total. The van der Waals surface area contributed by atoms with E-state index in [4.69, 9.17) is 5.73 Å². The number of benzene rings is 2. The maximum absolute atomic E-state index is 13.0. The molecular formula is C34H43N5O3. The van der Waals surface area contributed by atoms with Gasteiger partial charge in [0.15, 0.2) is 5.82 Å². The predicted molar refractivity (Wildman–Crippen MR) is 165 cm³/mol. The van der Waals surface area contributed by atoms with E-state index in [1.165, 1.54) is 0 Å². The Morgan fingerprint density at radius 3 is 2.24 bits per heavy atom. The van der Waals surface area contributed by atoms with Crippen molar-refractivity contribution in [1.82, 2.24) is 15.1 Å². The number of nitrogens with one attached hydrogen (secondary N) is 1. The third-order valence-corrected chi connectivity index (χ3v) is 8.97. The molecule has 2 fully saturated rings. The number of amides is 2. The molecule has 1 aromatic heterocycles. The fourth-order valence-corrected chi connectivity index (χ4v) is 6.93. The zero-order chi connectivity index (χ0) is 29.9. The van der Waals surface area contributed by atoms with Gasteiger partial charge in [-0.25, -0.2) is 0 Å². The molecule has 42 heavy (non-hydrogen) atoms. The van der Waals surface area contributed by atoms with Crippen LogP contribution in [0.1, 0.15) is 77.7 Å². The van der Waals surface area contributed by atoms with Gasteiger partial charge >= 0.3 is 0 Å². The van der Waals surface area contributed by atoms with E-state index in [1.54, 1.807) is 0 Å². The third-order valence-electron chi connectivity index (χ3n) is 8.97. The Labute approximate surface area is 248 Å². The Kier molecular flexibility index (Phi) is 8.76. The molecule has 2 saturated carbocycles. The van der Waals surface area contributed by atoms with E-state index in [1.807, 2.05) is 86.3 Å². The van der Waals surface area contributed by atoms with E-state index in [-0.39, 0.29) is 17.9 Å². The molecule has 0 atom stereocenters. The van der Waals surface area contributed by atoms with Crippen LogP contribution in [0.4, 0.5) is 5.82 Å². The van der Waals surface area contributed by atoms with Gasteiger partial charge in [-0.2, -0.15) is 0 Å². The highest BCUT2D eigenvalue weighted by atomic mass is 16.3. The molecule has 8 heteroatoms. The summed E-state index contributed by atoms with van der Waals surface area (Å²) in [5, 5.41) is 22.1. The van der Waals surface area contributed by atoms with E-state index >= 15 is 0 Å². The summed E-state index contributed by atoms with van der Waals surface area (Å²) in [4.78, 5) is 27.3. The summed E-state index contributed by atoms with van der Waals surface area (Å²) in [6, 6.07) is 20.1. The van der Waals surface area contributed by atoms with E-state index in [0.717, 1.165) is 60.2 Å². The molecule has 2 aromatic carbocycles. The van der Waals surface area contributed by atoms with Crippen molar-refractivity contribution in [3.8, 4) is 22.4 Å². The lowest BCUT2D eigenvalue weighted by Crippen LogP contribution is -2.58. The zero-order valence-corrected chi connectivity index (χ0v) is 25.0. The lowest BCUT2D eigenvalue weighted by atomic mass is 9.63. The van der Waals surface area contributed by atoms with Gasteiger partial charge in [0.25, 0.3) is 0 Å². The number of nitrogens with two attached hydrogens (primary N) is 1. The van der Waals surface area contributed by atoms with Gasteiger partial charge in [-0.05, 0) is 75.5 Å². The summed E-state index contributed by atoms with van der Waals surface area (Å²) < 4.78 is 0. The van der Waals surface area contributed by atoms with Gasteiger partial charge in [0.2, 0.25) is 11.8 Å². The van der Waals surface area contributed by atoms with Crippen molar-refractivity contribution in [2.24, 2.45) is 11.7 Å². The van der Waals surface area contributed by atoms with E-state index in [9.17, 15) is 14.7 Å². The zero-order valence-electron chi connectivity index (χ0n) is 25.0. The highest BCUT2D eigenvalue weighted by Gasteiger charge is 2.49. The average Bonchev–Trinajstić information content (AvgIpc) is 2.97. The smallest absolute Gasteiger partial charge is 0.225 e. The molecule has 2 aliphatic carbocycles. The first-order chi connectivity index (χ1) is 20.1. The van der Waals surface area contributed by atoms with Crippen LogP contribution in [0.2, 0.25) is 0 Å². The maximum atomic E-state index is 13.0. The van der Waals surface area contributed by atoms with Gasteiger partial charge in [0.05, 0.1) is 5.60 Å². The van der Waals surface area contributed by atoms with Crippen LogP contribution < -0.4 is 11.1 Å². The van der Waals surface area contributed by atoms with Crippen molar-refractivity contribution in [3.05, 3.63) is 66.2 Å². The highest BCUT2D eigenvalue weighted by molar-refractivity contribution is 5.91. The normalized spacial score (nSPS) is 25.4. The molecule has 2 amide bonds. The Balaban J connectivity index is 1.28. The van der Waals surface area contributed by atoms with Crippen molar-refractivity contribution < 1.29 is 14.7 Å². The highest BCUT2D eigenvalue weighted by Crippen LogP contribution is 2.46. The molecular weight excluding hydrogens is 526 g/mol. The van der Waals surface area contributed by atoms with Gasteiger partial charge < -0.3 is 21.1 Å². The number of rotatable bonds is 9. The van der Waals surface area contributed by atoms with Crippen LogP contribution in [-0.4, -0.2) is 50.2 Å². The summed E-state index contributed by atoms with van der Waals surface area (Å²) in [5.41, 5.74) is 9.77. The van der Waals surface area contributed by atoms with E-state index in [2.05, 4.69) is 15.5 Å². The third kappa shape index (κ3) is 6.55. The number of anilines is 1. The standard InChI is InChI=1S/C34H43N5O3/c1-4-31(41)39(5-2)27-17-11-23(12-18-27)19-30(40)36-29-20-28(24-9-7-6-8-10-24)32(38-37-29)25-13-15-26(16-14-25)34(35)21-33(3,42)22-34/h6-10,13-16,20,23,27,42H,4-5,11-12,17-19,21-22,35H2,1-3H3,(H,36,37,40)/t23-,27-,33-,34-. The van der Waals surface area contributed by atoms with Gasteiger partial charge in [0.1, 0.15) is 5.69 Å². The lowest BCUT2D eigenvalue weighted by Gasteiger charge is -2.49. The first kappa shape index (κ1) is 29.9. The van der Waals surface area contributed by atoms with Crippen LogP contribution in [0.3, 0.4) is 0 Å². The largest absolute Gasteiger partial charge is 0.390 e. The van der Waals surface area contributed by atoms with Crippen molar-refractivity contribution in [3.63, 3.8) is 0 Å². The Morgan fingerprint density at radius 2 is 1.64 bits per heavy atom. The second kappa shape index (κ2) is 12.3. The van der Waals surface area contributed by atoms with Crippen LogP contribution in [0, 0.1) is 5.92 Å². The predicted octanol–water partition coefficient (Wildman–Crippen LogP) is 5.66. The number of carbonyl (C=O) groups is 2. The molecule has 2 aliphatic rings. The number of hydrogen-bond acceptors (Lipinski definition) is 6. The Morgan fingerprint density at radius 1 is 0.976 bits per heavy atom. The van der Waals surface area contributed by atoms with Crippen molar-refractivity contribution in [1.29, 1.82) is 0 Å². The summed E-state index contributed by atoms with van der Waals surface area (Å²) >= 11 is 0. The Bertz CT molecular complexity index is 1390. The van der Waals surface area contributed by atoms with Crippen LogP contribution in [0.25, 0.3) is 22.4 Å².